The largest absolute Gasteiger partial charge is 0.387 e. The first-order valence-corrected chi connectivity index (χ1v) is 3.56. The maximum absolute atomic E-state index is 12.9. The molecule has 0 aromatic rings. The minimum absolute atomic E-state index is 1.10. The molecule has 5 nitrogen and oxygen atoms in total. The molecule has 5 atom stereocenters. The van der Waals surface area contributed by atoms with E-state index in [9.17, 15) is 8.78 Å². The quantitative estimate of drug-likeness (QED) is 0.378. The van der Waals surface area contributed by atoms with Gasteiger partial charge in [-0.05, 0) is 6.92 Å². The molecule has 0 saturated carbocycles. The maximum Gasteiger partial charge on any atom is 0.381 e. The zero-order valence-corrected chi connectivity index (χ0v) is 6.69. The van der Waals surface area contributed by atoms with Gasteiger partial charge in [0.2, 0.25) is 0 Å². The number of hydrogen-bond acceptors (Lipinski definition) is 5. The minimum atomic E-state index is -4.04. The van der Waals surface area contributed by atoms with Gasteiger partial charge in [0.25, 0.3) is 0 Å². The molecular formula is C6H10F2O5. The van der Waals surface area contributed by atoms with Gasteiger partial charge in [-0.2, -0.15) is 8.78 Å². The smallest absolute Gasteiger partial charge is 0.381 e. The number of alkyl halides is 2. The van der Waals surface area contributed by atoms with Crippen molar-refractivity contribution < 1.29 is 33.9 Å². The highest BCUT2D eigenvalue weighted by Crippen LogP contribution is 2.38. The second-order valence-corrected chi connectivity index (χ2v) is 2.99. The zero-order valence-electron chi connectivity index (χ0n) is 6.69. The van der Waals surface area contributed by atoms with Crippen molar-refractivity contribution in [2.24, 2.45) is 0 Å². The Bertz CT molecular complexity index is 207. The number of halogens is 2. The predicted octanol–water partition coefficient (Wildman–Crippen LogP) is -1.60. The summed E-state index contributed by atoms with van der Waals surface area (Å²) in [5, 5.41) is 35.0. The molecule has 1 aliphatic rings. The highest BCUT2D eigenvalue weighted by Gasteiger charge is 2.65. The van der Waals surface area contributed by atoms with E-state index in [0.717, 1.165) is 6.92 Å². The van der Waals surface area contributed by atoms with Crippen LogP contribution in [0.1, 0.15) is 6.92 Å². The summed E-state index contributed by atoms with van der Waals surface area (Å²) in [5.41, 5.74) is 0. The van der Waals surface area contributed by atoms with E-state index >= 15 is 0 Å². The minimum Gasteiger partial charge on any atom is -0.387 e. The van der Waals surface area contributed by atoms with Crippen LogP contribution in [-0.4, -0.2) is 50.6 Å². The number of rotatable bonds is 0. The molecule has 0 aromatic heterocycles. The van der Waals surface area contributed by atoms with Crippen molar-refractivity contribution in [2.45, 2.75) is 37.1 Å². The van der Waals surface area contributed by atoms with Crippen LogP contribution in [0, 0.1) is 0 Å². The van der Waals surface area contributed by atoms with Crippen LogP contribution in [-0.2, 0) is 4.74 Å². The van der Waals surface area contributed by atoms with Gasteiger partial charge in [0.15, 0.2) is 0 Å². The molecule has 4 N–H and O–H groups in total. The number of aliphatic hydroxyl groups excluding tert-OH is 2. The van der Waals surface area contributed by atoms with Gasteiger partial charge in [0, 0.05) is 0 Å². The second kappa shape index (κ2) is 2.82. The summed E-state index contributed by atoms with van der Waals surface area (Å²) in [6.45, 7) is 1.10. The van der Waals surface area contributed by atoms with Crippen molar-refractivity contribution in [2.75, 3.05) is 0 Å². The lowest BCUT2D eigenvalue weighted by molar-refractivity contribution is -0.468. The summed E-state index contributed by atoms with van der Waals surface area (Å²) in [6.07, 6.45) is -5.61. The van der Waals surface area contributed by atoms with Gasteiger partial charge in [-0.1, -0.05) is 0 Å². The van der Waals surface area contributed by atoms with Gasteiger partial charge < -0.3 is 25.2 Å². The molecule has 0 aliphatic carbocycles. The summed E-state index contributed by atoms with van der Waals surface area (Å²) in [7, 11) is 0. The van der Waals surface area contributed by atoms with Crippen LogP contribution in [0.3, 0.4) is 0 Å². The van der Waals surface area contributed by atoms with Crippen LogP contribution in [0.5, 0.6) is 0 Å². The Hall–Kier alpha value is -0.340. The maximum atomic E-state index is 12.9. The van der Waals surface area contributed by atoms with Crippen molar-refractivity contribution in [1.29, 1.82) is 0 Å². The van der Waals surface area contributed by atoms with Crippen molar-refractivity contribution in [3.8, 4) is 0 Å². The van der Waals surface area contributed by atoms with Gasteiger partial charge in [0.05, 0.1) is 6.10 Å². The molecular weight excluding hydrogens is 190 g/mol. The lowest BCUT2D eigenvalue weighted by atomic mass is 9.97. The fourth-order valence-corrected chi connectivity index (χ4v) is 1.06. The van der Waals surface area contributed by atoms with Crippen LogP contribution >= 0.6 is 0 Å². The standard InChI is InChI=1S/C6H10F2O5/c1-2-3(9)4(10)5(7,11)6(8,12)13-2/h2-4,9-12H,1H3/t2-,3+,4+,5-,6?/m1/s1. The van der Waals surface area contributed by atoms with E-state index in [0.29, 0.717) is 0 Å². The van der Waals surface area contributed by atoms with Crippen LogP contribution in [0.4, 0.5) is 8.78 Å². The molecule has 0 aromatic carbocycles. The number of hydrogen-bond donors (Lipinski definition) is 4. The van der Waals surface area contributed by atoms with Crippen LogP contribution < -0.4 is 0 Å². The lowest BCUT2D eigenvalue weighted by Gasteiger charge is -2.43. The third-order valence-electron chi connectivity index (χ3n) is 1.97. The number of aliphatic hydroxyl groups is 4. The topological polar surface area (TPSA) is 90.2 Å². The SMILES string of the molecule is C[C@H]1OC(O)(F)[C@@](O)(F)[C@@H](O)[C@H]1O. The van der Waals surface area contributed by atoms with Gasteiger partial charge >= 0.3 is 11.9 Å². The molecule has 1 fully saturated rings. The lowest BCUT2D eigenvalue weighted by Crippen LogP contribution is -2.68. The van der Waals surface area contributed by atoms with Crippen LogP contribution in [0.25, 0.3) is 0 Å². The Morgan fingerprint density at radius 2 is 1.69 bits per heavy atom. The second-order valence-electron chi connectivity index (χ2n) is 2.99. The van der Waals surface area contributed by atoms with E-state index in [-0.39, 0.29) is 0 Å². The molecule has 1 unspecified atom stereocenters. The predicted molar refractivity (Wildman–Crippen MR) is 34.7 cm³/mol. The Labute approximate surface area is 72.2 Å². The van der Waals surface area contributed by atoms with E-state index in [4.69, 9.17) is 20.4 Å². The van der Waals surface area contributed by atoms with Gasteiger partial charge in [-0.3, -0.25) is 0 Å². The third kappa shape index (κ3) is 1.42. The summed E-state index contributed by atoms with van der Waals surface area (Å²) < 4.78 is 29.5. The fourth-order valence-electron chi connectivity index (χ4n) is 1.06. The average molecular weight is 200 g/mol. The van der Waals surface area contributed by atoms with E-state index < -0.39 is 30.2 Å². The first-order valence-electron chi connectivity index (χ1n) is 3.56. The summed E-state index contributed by atoms with van der Waals surface area (Å²) >= 11 is 0. The highest BCUT2D eigenvalue weighted by atomic mass is 19.2. The Morgan fingerprint density at radius 3 is 2.15 bits per heavy atom. The van der Waals surface area contributed by atoms with Crippen molar-refractivity contribution in [1.82, 2.24) is 0 Å². The molecule has 1 rings (SSSR count). The molecule has 1 heterocycles. The molecule has 13 heavy (non-hydrogen) atoms. The Balaban J connectivity index is 2.96. The normalized spacial score (nSPS) is 57.9. The van der Waals surface area contributed by atoms with Crippen molar-refractivity contribution >= 4 is 0 Å². The first kappa shape index (κ1) is 10.7. The molecule has 7 heteroatoms. The molecule has 1 aliphatic heterocycles. The van der Waals surface area contributed by atoms with E-state index in [1.165, 1.54) is 0 Å². The van der Waals surface area contributed by atoms with Gasteiger partial charge in [-0.25, -0.2) is 0 Å². The van der Waals surface area contributed by atoms with Gasteiger partial charge in [-0.15, -0.1) is 0 Å². The summed E-state index contributed by atoms with van der Waals surface area (Å²) in [6, 6.07) is -4.02. The van der Waals surface area contributed by atoms with Crippen LogP contribution in [0.15, 0.2) is 0 Å². The fraction of sp³-hybridized carbons (Fsp3) is 1.00. The molecule has 0 spiro atoms. The molecule has 0 amide bonds. The number of ether oxygens (including phenoxy) is 1. The summed E-state index contributed by atoms with van der Waals surface area (Å²) in [5.74, 6) is -4.04. The van der Waals surface area contributed by atoms with Crippen LogP contribution in [0.2, 0.25) is 0 Å². The van der Waals surface area contributed by atoms with Crippen molar-refractivity contribution in [3.05, 3.63) is 0 Å². The van der Waals surface area contributed by atoms with Gasteiger partial charge in [0.1, 0.15) is 12.2 Å². The van der Waals surface area contributed by atoms with E-state index in [2.05, 4.69) is 4.74 Å². The molecule has 1 saturated heterocycles. The van der Waals surface area contributed by atoms with E-state index in [1.54, 1.807) is 0 Å². The first-order chi connectivity index (χ1) is 5.70. The Kier molecular flexibility index (Phi) is 2.33. The molecule has 78 valence electrons. The molecule has 0 radical (unpaired) electrons. The summed E-state index contributed by atoms with van der Waals surface area (Å²) in [4.78, 5) is 0. The third-order valence-corrected chi connectivity index (χ3v) is 1.97. The molecule has 0 bridgehead atoms. The zero-order chi connectivity index (χ0) is 10.4. The monoisotopic (exact) mass is 200 g/mol. The van der Waals surface area contributed by atoms with E-state index in [1.807, 2.05) is 0 Å². The average Bonchev–Trinajstić information content (AvgIpc) is 1.98. The Morgan fingerprint density at radius 1 is 1.23 bits per heavy atom. The highest BCUT2D eigenvalue weighted by molar-refractivity contribution is 4.95. The van der Waals surface area contributed by atoms with Crippen molar-refractivity contribution in [3.63, 3.8) is 0 Å².